The van der Waals surface area contributed by atoms with Crippen LogP contribution in [-0.4, -0.2) is 42.8 Å². The molecule has 0 radical (unpaired) electrons. The number of amides is 1. The fourth-order valence-corrected chi connectivity index (χ4v) is 7.43. The van der Waals surface area contributed by atoms with E-state index in [0.29, 0.717) is 40.2 Å². The summed E-state index contributed by atoms with van der Waals surface area (Å²) in [6.07, 6.45) is 2.78. The van der Waals surface area contributed by atoms with E-state index in [4.69, 9.17) is 9.84 Å². The number of carboxylic acid groups (broad SMARTS) is 1. The normalized spacial score (nSPS) is 11.7. The molecule has 0 aliphatic carbocycles. The summed E-state index contributed by atoms with van der Waals surface area (Å²) in [6, 6.07) is 26.2. The second-order valence-corrected chi connectivity index (χ2v) is 15.5. The van der Waals surface area contributed by atoms with Crippen molar-refractivity contribution in [3.8, 4) is 22.6 Å². The average Bonchev–Trinajstić information content (AvgIpc) is 3.53. The number of pyridine rings is 1. The summed E-state index contributed by atoms with van der Waals surface area (Å²) in [6.45, 7) is 2.27. The molecule has 3 N–H and O–H groups in total. The average molecular weight is 713 g/mol. The van der Waals surface area contributed by atoms with E-state index in [1.165, 1.54) is 60.4 Å². The van der Waals surface area contributed by atoms with Crippen LogP contribution in [0.15, 0.2) is 124 Å². The topological polar surface area (TPSA) is 166 Å². The monoisotopic (exact) mass is 712 g/mol. The molecule has 256 valence electrons. The minimum Gasteiger partial charge on any atom is -0.465 e. The number of hydrogen-bond acceptors (Lipinski definition) is 8. The number of fused-ring (bicyclic) bond motifs is 1. The van der Waals surface area contributed by atoms with Crippen molar-refractivity contribution in [3.05, 3.63) is 131 Å². The smallest absolute Gasteiger partial charge is 0.409 e. The van der Waals surface area contributed by atoms with E-state index >= 15 is 0 Å². The minimum absolute atomic E-state index is 0.00792. The largest absolute Gasteiger partial charge is 0.465 e. The lowest BCUT2D eigenvalue weighted by Gasteiger charge is -2.16. The van der Waals surface area contributed by atoms with Gasteiger partial charge in [-0.15, -0.1) is 0 Å². The summed E-state index contributed by atoms with van der Waals surface area (Å²) < 4.78 is 61.4. The Labute approximate surface area is 288 Å². The number of hydrogen-bond donors (Lipinski definition) is 3. The van der Waals surface area contributed by atoms with Gasteiger partial charge in [0.2, 0.25) is 0 Å². The molecule has 0 bridgehead atoms. The predicted molar refractivity (Wildman–Crippen MR) is 191 cm³/mol. The molecule has 0 aliphatic rings. The molecule has 0 unspecified atom stereocenters. The van der Waals surface area contributed by atoms with E-state index < -0.39 is 31.5 Å². The maximum absolute atomic E-state index is 13.7. The lowest BCUT2D eigenvalue weighted by atomic mass is 10.0. The van der Waals surface area contributed by atoms with Crippen molar-refractivity contribution in [2.45, 2.75) is 23.3 Å². The van der Waals surface area contributed by atoms with Crippen LogP contribution in [0.3, 0.4) is 0 Å². The molecule has 50 heavy (non-hydrogen) atoms. The van der Waals surface area contributed by atoms with Gasteiger partial charge in [-0.1, -0.05) is 35.9 Å². The second kappa shape index (κ2) is 13.2. The van der Waals surface area contributed by atoms with Gasteiger partial charge in [0, 0.05) is 66.2 Å². The lowest BCUT2D eigenvalue weighted by molar-refractivity contribution is 0.209. The molecular formula is C36H32N4O8S2. The molecule has 6 aromatic rings. The number of aryl methyl sites for hydroxylation is 2. The first kappa shape index (κ1) is 34.0. The number of nitrogens with one attached hydrogen (secondary N) is 2. The summed E-state index contributed by atoms with van der Waals surface area (Å²) in [5, 5.41) is 14.8. The maximum atomic E-state index is 13.7. The first-order chi connectivity index (χ1) is 23.7. The summed E-state index contributed by atoms with van der Waals surface area (Å²) >= 11 is 0. The third-order valence-electron chi connectivity index (χ3n) is 8.00. The highest BCUT2D eigenvalue weighted by Gasteiger charge is 2.25. The third-order valence-corrected chi connectivity index (χ3v) is 10.8. The van der Waals surface area contributed by atoms with E-state index in [0.717, 1.165) is 21.4 Å². The molecule has 1 amide bonds. The number of ether oxygens (including phenoxy) is 1. The minimum atomic E-state index is -4.16. The number of benzene rings is 4. The van der Waals surface area contributed by atoms with Crippen LogP contribution in [0.2, 0.25) is 0 Å². The van der Waals surface area contributed by atoms with Gasteiger partial charge in [0.25, 0.3) is 15.6 Å². The number of anilines is 2. The van der Waals surface area contributed by atoms with Gasteiger partial charge in [0.1, 0.15) is 17.0 Å². The Morgan fingerprint density at radius 3 is 2.22 bits per heavy atom. The van der Waals surface area contributed by atoms with Crippen molar-refractivity contribution in [2.75, 3.05) is 16.9 Å². The van der Waals surface area contributed by atoms with Gasteiger partial charge in [-0.2, -0.15) is 0 Å². The molecule has 0 saturated heterocycles. The van der Waals surface area contributed by atoms with Gasteiger partial charge in [-0.05, 0) is 73.2 Å². The van der Waals surface area contributed by atoms with Gasteiger partial charge in [0.15, 0.2) is 9.84 Å². The van der Waals surface area contributed by atoms with Crippen molar-refractivity contribution in [2.24, 2.45) is 7.05 Å². The first-order valence-corrected chi connectivity index (χ1v) is 18.5. The molecule has 6 rings (SSSR count). The van der Waals surface area contributed by atoms with Crippen molar-refractivity contribution in [3.63, 3.8) is 0 Å². The SMILES string of the molecule is Cc1ccc(S(=O)(=O)n2ccc3c(-c4cc(S(C)(=O)=O)ccc4Oc4cccc(NCc5ccc(NC(=O)O)cc5)c4)cn(C)c(=O)c32)cc1. The van der Waals surface area contributed by atoms with Crippen LogP contribution >= 0.6 is 0 Å². The Bertz CT molecular complexity index is 2540. The molecule has 0 fully saturated rings. The predicted octanol–water partition coefficient (Wildman–Crippen LogP) is 6.45. The van der Waals surface area contributed by atoms with Crippen LogP contribution in [0.4, 0.5) is 16.2 Å². The van der Waals surface area contributed by atoms with Crippen molar-refractivity contribution < 1.29 is 31.5 Å². The summed E-state index contributed by atoms with van der Waals surface area (Å²) in [5.74, 6) is 0.690. The number of carbonyl (C=O) groups is 1. The summed E-state index contributed by atoms with van der Waals surface area (Å²) in [4.78, 5) is 24.4. The second-order valence-electron chi connectivity index (χ2n) is 11.7. The van der Waals surface area contributed by atoms with Crippen LogP contribution in [0.5, 0.6) is 11.5 Å². The van der Waals surface area contributed by atoms with Crippen LogP contribution in [-0.2, 0) is 33.5 Å². The van der Waals surface area contributed by atoms with Crippen molar-refractivity contribution >= 4 is 48.2 Å². The maximum Gasteiger partial charge on any atom is 0.409 e. The van der Waals surface area contributed by atoms with Gasteiger partial charge in [-0.25, -0.2) is 25.6 Å². The van der Waals surface area contributed by atoms with E-state index in [2.05, 4.69) is 10.6 Å². The fraction of sp³-hybridized carbons (Fsp3) is 0.111. The van der Waals surface area contributed by atoms with Crippen LogP contribution < -0.4 is 20.9 Å². The van der Waals surface area contributed by atoms with Gasteiger partial charge in [0.05, 0.1) is 9.79 Å². The molecule has 2 heterocycles. The molecule has 0 spiro atoms. The number of aromatic nitrogens is 2. The summed E-state index contributed by atoms with van der Waals surface area (Å²) in [7, 11) is -6.34. The van der Waals surface area contributed by atoms with Crippen molar-refractivity contribution in [1.82, 2.24) is 8.54 Å². The molecule has 14 heteroatoms. The molecular weight excluding hydrogens is 681 g/mol. The standard InChI is InChI=1S/C36H32N4O8S2/c1-23-7-13-28(14-8-23)50(46,47)40-18-17-30-32(22-39(2)35(41)34(30)40)31-20-29(49(3,44)45)15-16-33(31)48-27-6-4-5-26(19-27)37-21-24-9-11-25(12-10-24)38-36(42)43/h4-20,22,37-38H,21H2,1-3H3,(H,42,43). The Hall–Kier alpha value is -5.86. The zero-order chi connectivity index (χ0) is 35.8. The van der Waals surface area contributed by atoms with Crippen LogP contribution in [0, 0.1) is 6.92 Å². The van der Waals surface area contributed by atoms with E-state index in [1.807, 2.05) is 13.0 Å². The Morgan fingerprint density at radius 2 is 1.54 bits per heavy atom. The molecule has 0 aliphatic heterocycles. The van der Waals surface area contributed by atoms with E-state index in [1.54, 1.807) is 54.6 Å². The van der Waals surface area contributed by atoms with Crippen molar-refractivity contribution in [1.29, 1.82) is 0 Å². The summed E-state index contributed by atoms with van der Waals surface area (Å²) in [5.41, 5.74) is 3.00. The van der Waals surface area contributed by atoms with Gasteiger partial charge in [-0.3, -0.25) is 10.1 Å². The number of rotatable bonds is 10. The number of sulfone groups is 1. The molecule has 0 atom stereocenters. The quantitative estimate of drug-likeness (QED) is 0.145. The van der Waals surface area contributed by atoms with Gasteiger partial charge < -0.3 is 19.7 Å². The van der Waals surface area contributed by atoms with Crippen LogP contribution in [0.1, 0.15) is 11.1 Å². The van der Waals surface area contributed by atoms with Gasteiger partial charge >= 0.3 is 6.09 Å². The third kappa shape index (κ3) is 6.97. The highest BCUT2D eigenvalue weighted by Crippen LogP contribution is 2.39. The number of nitrogens with zero attached hydrogens (tertiary/aromatic N) is 2. The fourth-order valence-electron chi connectivity index (χ4n) is 5.44. The zero-order valence-corrected chi connectivity index (χ0v) is 28.7. The molecule has 12 nitrogen and oxygen atoms in total. The molecule has 2 aromatic heterocycles. The Morgan fingerprint density at radius 1 is 0.840 bits per heavy atom. The first-order valence-electron chi connectivity index (χ1n) is 15.2. The molecule has 0 saturated carbocycles. The zero-order valence-electron chi connectivity index (χ0n) is 27.1. The lowest BCUT2D eigenvalue weighted by Crippen LogP contribution is -2.22. The van der Waals surface area contributed by atoms with E-state index in [9.17, 15) is 26.4 Å². The highest BCUT2D eigenvalue weighted by atomic mass is 32.2. The molecule has 4 aromatic carbocycles. The van der Waals surface area contributed by atoms with E-state index in [-0.39, 0.29) is 21.1 Å². The Balaban J connectivity index is 1.39. The Kier molecular flexibility index (Phi) is 8.99. The highest BCUT2D eigenvalue weighted by molar-refractivity contribution is 7.90. The van der Waals surface area contributed by atoms with Crippen LogP contribution in [0.25, 0.3) is 22.0 Å².